The number of carbonyl (C=O) groups is 2. The first-order valence-corrected chi connectivity index (χ1v) is 8.09. The molecule has 1 aromatic carbocycles. The summed E-state index contributed by atoms with van der Waals surface area (Å²) in [5.74, 6) is -0.830. The summed E-state index contributed by atoms with van der Waals surface area (Å²) in [6, 6.07) is 11.1. The fraction of sp³-hybridized carbons (Fsp3) is 0.263. The summed E-state index contributed by atoms with van der Waals surface area (Å²) in [5, 5.41) is 3.17. The van der Waals surface area contributed by atoms with Crippen molar-refractivity contribution >= 4 is 23.3 Å². The van der Waals surface area contributed by atoms with Crippen LogP contribution in [0.2, 0.25) is 0 Å². The van der Waals surface area contributed by atoms with Gasteiger partial charge in [0, 0.05) is 19.3 Å². The van der Waals surface area contributed by atoms with Crippen LogP contribution in [0.3, 0.4) is 0 Å². The van der Waals surface area contributed by atoms with E-state index in [-0.39, 0.29) is 0 Å². The molecule has 0 saturated heterocycles. The second-order valence-electron chi connectivity index (χ2n) is 5.25. The Morgan fingerprint density at radius 2 is 1.80 bits per heavy atom. The van der Waals surface area contributed by atoms with E-state index in [1.807, 2.05) is 30.3 Å². The number of esters is 2. The number of benzene rings is 1. The second-order valence-corrected chi connectivity index (χ2v) is 5.25. The van der Waals surface area contributed by atoms with Gasteiger partial charge in [0.2, 0.25) is 0 Å². The number of hydrogen-bond donors (Lipinski definition) is 1. The molecule has 132 valence electrons. The third-order valence-corrected chi connectivity index (χ3v) is 3.40. The van der Waals surface area contributed by atoms with Crippen LogP contribution in [0.1, 0.15) is 29.9 Å². The van der Waals surface area contributed by atoms with Crippen LogP contribution in [-0.2, 0) is 21.3 Å². The topological polar surface area (TPSA) is 69.6 Å². The molecular weight excluding hydrogens is 320 g/mol. The molecule has 0 atom stereocenters. The van der Waals surface area contributed by atoms with E-state index < -0.39 is 11.9 Å². The maximum absolute atomic E-state index is 11.9. The lowest BCUT2D eigenvalue weighted by atomic mass is 10.1. The Morgan fingerprint density at radius 3 is 2.44 bits per heavy atom. The van der Waals surface area contributed by atoms with Crippen LogP contribution in [0, 0.1) is 0 Å². The van der Waals surface area contributed by atoms with Crippen molar-refractivity contribution in [2.75, 3.05) is 18.5 Å². The van der Waals surface area contributed by atoms with Crippen molar-refractivity contribution in [3.63, 3.8) is 0 Å². The number of nitrogens with one attached hydrogen (secondary N) is 1. The molecular formula is C19H22N2O4. The molecule has 6 nitrogen and oxygen atoms in total. The summed E-state index contributed by atoms with van der Waals surface area (Å²) in [6.45, 7) is 4.13. The molecule has 0 amide bonds. The standard InChI is InChI=1S/C19H22N2O4/c1-4-24-18(22)12-16(14-9-7-6-8-10-14)20-15-11-17(21(3)13-15)19(23)25-5-2/h6-13,20H,4-5H2,1-3H3/b16-12+. The Labute approximate surface area is 147 Å². The first-order chi connectivity index (χ1) is 12.0. The van der Waals surface area contributed by atoms with Crippen LogP contribution in [-0.4, -0.2) is 29.7 Å². The number of aryl methyl sites for hydroxylation is 1. The molecule has 0 aliphatic heterocycles. The lowest BCUT2D eigenvalue weighted by Gasteiger charge is -2.10. The predicted octanol–water partition coefficient (Wildman–Crippen LogP) is 3.22. The minimum atomic E-state index is -0.435. The van der Waals surface area contributed by atoms with Crippen molar-refractivity contribution in [2.45, 2.75) is 13.8 Å². The van der Waals surface area contributed by atoms with Gasteiger partial charge in [-0.1, -0.05) is 30.3 Å². The van der Waals surface area contributed by atoms with Crippen molar-refractivity contribution in [3.8, 4) is 0 Å². The molecule has 6 heteroatoms. The highest BCUT2D eigenvalue weighted by atomic mass is 16.5. The zero-order chi connectivity index (χ0) is 18.2. The number of hydrogen-bond acceptors (Lipinski definition) is 5. The summed E-state index contributed by atoms with van der Waals surface area (Å²) in [6.07, 6.45) is 3.16. The fourth-order valence-electron chi connectivity index (χ4n) is 2.31. The van der Waals surface area contributed by atoms with Crippen molar-refractivity contribution in [2.24, 2.45) is 7.05 Å². The fourth-order valence-corrected chi connectivity index (χ4v) is 2.31. The van der Waals surface area contributed by atoms with E-state index in [0.717, 1.165) is 5.56 Å². The number of ether oxygens (including phenoxy) is 2. The zero-order valence-corrected chi connectivity index (χ0v) is 14.6. The van der Waals surface area contributed by atoms with Crippen LogP contribution in [0.5, 0.6) is 0 Å². The van der Waals surface area contributed by atoms with Gasteiger partial charge < -0.3 is 19.4 Å². The number of aromatic nitrogens is 1. The molecule has 1 heterocycles. The molecule has 25 heavy (non-hydrogen) atoms. The largest absolute Gasteiger partial charge is 0.463 e. The average Bonchev–Trinajstić information content (AvgIpc) is 2.96. The Balaban J connectivity index is 2.30. The Kier molecular flexibility index (Phi) is 6.39. The number of carbonyl (C=O) groups excluding carboxylic acids is 2. The van der Waals surface area contributed by atoms with E-state index in [9.17, 15) is 9.59 Å². The summed E-state index contributed by atoms with van der Waals surface area (Å²) in [5.41, 5.74) is 2.51. The molecule has 0 unspecified atom stereocenters. The molecule has 0 aliphatic carbocycles. The van der Waals surface area contributed by atoms with E-state index in [2.05, 4.69) is 5.32 Å². The predicted molar refractivity (Wildman–Crippen MR) is 96.0 cm³/mol. The van der Waals surface area contributed by atoms with Gasteiger partial charge in [-0.15, -0.1) is 0 Å². The van der Waals surface area contributed by atoms with Crippen molar-refractivity contribution in [3.05, 3.63) is 59.9 Å². The van der Waals surface area contributed by atoms with Crippen LogP contribution >= 0.6 is 0 Å². The maximum atomic E-state index is 11.9. The summed E-state index contributed by atoms with van der Waals surface area (Å²) in [7, 11) is 1.76. The lowest BCUT2D eigenvalue weighted by Crippen LogP contribution is -2.08. The third kappa shape index (κ3) is 4.97. The third-order valence-electron chi connectivity index (χ3n) is 3.40. The number of nitrogens with zero attached hydrogens (tertiary/aromatic N) is 1. The van der Waals surface area contributed by atoms with E-state index in [1.165, 1.54) is 6.08 Å². The monoisotopic (exact) mass is 342 g/mol. The van der Waals surface area contributed by atoms with Gasteiger partial charge >= 0.3 is 11.9 Å². The van der Waals surface area contributed by atoms with Crippen LogP contribution in [0.15, 0.2) is 48.7 Å². The van der Waals surface area contributed by atoms with Gasteiger partial charge in [-0.25, -0.2) is 9.59 Å². The van der Waals surface area contributed by atoms with Gasteiger partial charge in [0.15, 0.2) is 0 Å². The minimum Gasteiger partial charge on any atom is -0.463 e. The Morgan fingerprint density at radius 1 is 1.12 bits per heavy atom. The maximum Gasteiger partial charge on any atom is 0.355 e. The van der Waals surface area contributed by atoms with Gasteiger partial charge in [-0.3, -0.25) is 0 Å². The summed E-state index contributed by atoms with van der Waals surface area (Å²) < 4.78 is 11.7. The van der Waals surface area contributed by atoms with Gasteiger partial charge in [0.1, 0.15) is 5.69 Å². The number of anilines is 1. The normalized spacial score (nSPS) is 11.1. The molecule has 0 bridgehead atoms. The van der Waals surface area contributed by atoms with Crippen LogP contribution in [0.4, 0.5) is 5.69 Å². The van der Waals surface area contributed by atoms with Crippen LogP contribution < -0.4 is 5.32 Å². The molecule has 0 spiro atoms. The van der Waals surface area contributed by atoms with Gasteiger partial charge in [0.05, 0.1) is 24.6 Å². The smallest absolute Gasteiger partial charge is 0.355 e. The second kappa shape index (κ2) is 8.73. The molecule has 2 rings (SSSR count). The quantitative estimate of drug-likeness (QED) is 0.618. The summed E-state index contributed by atoms with van der Waals surface area (Å²) in [4.78, 5) is 23.8. The first kappa shape index (κ1) is 18.3. The molecule has 1 aromatic heterocycles. The molecule has 0 fully saturated rings. The van der Waals surface area contributed by atoms with E-state index in [0.29, 0.717) is 30.3 Å². The van der Waals surface area contributed by atoms with Crippen LogP contribution in [0.25, 0.3) is 5.70 Å². The van der Waals surface area contributed by atoms with Crippen molar-refractivity contribution in [1.82, 2.24) is 4.57 Å². The highest BCUT2D eigenvalue weighted by Gasteiger charge is 2.14. The summed E-state index contributed by atoms with van der Waals surface area (Å²) >= 11 is 0. The lowest BCUT2D eigenvalue weighted by molar-refractivity contribution is -0.137. The van der Waals surface area contributed by atoms with Crippen molar-refractivity contribution < 1.29 is 19.1 Å². The highest BCUT2D eigenvalue weighted by Crippen LogP contribution is 2.21. The molecule has 1 N–H and O–H groups in total. The molecule has 0 radical (unpaired) electrons. The van der Waals surface area contributed by atoms with E-state index in [4.69, 9.17) is 9.47 Å². The van der Waals surface area contributed by atoms with E-state index in [1.54, 1.807) is 37.7 Å². The Bertz CT molecular complexity index is 763. The number of rotatable bonds is 7. The van der Waals surface area contributed by atoms with E-state index >= 15 is 0 Å². The Hall–Kier alpha value is -3.02. The first-order valence-electron chi connectivity index (χ1n) is 8.09. The van der Waals surface area contributed by atoms with Crippen molar-refractivity contribution in [1.29, 1.82) is 0 Å². The SMILES string of the molecule is CCOC(=O)/C=C(/Nc1cc(C(=O)OCC)n(C)c1)c1ccccc1. The van der Waals surface area contributed by atoms with Gasteiger partial charge in [-0.2, -0.15) is 0 Å². The highest BCUT2D eigenvalue weighted by molar-refractivity contribution is 5.95. The minimum absolute atomic E-state index is 0.301. The zero-order valence-electron chi connectivity index (χ0n) is 14.6. The van der Waals surface area contributed by atoms with Gasteiger partial charge in [0.25, 0.3) is 0 Å². The molecule has 0 saturated carbocycles. The molecule has 2 aromatic rings. The van der Waals surface area contributed by atoms with Gasteiger partial charge in [-0.05, 0) is 25.5 Å². The average molecular weight is 342 g/mol. The molecule has 0 aliphatic rings.